The van der Waals surface area contributed by atoms with Crippen LogP contribution >= 0.6 is 0 Å². The molecule has 0 amide bonds. The molecule has 0 bridgehead atoms. The molecule has 2 rings (SSSR count). The summed E-state index contributed by atoms with van der Waals surface area (Å²) in [6, 6.07) is 2.99. The van der Waals surface area contributed by atoms with E-state index in [-0.39, 0.29) is 0 Å². The van der Waals surface area contributed by atoms with Crippen molar-refractivity contribution in [3.63, 3.8) is 0 Å². The first-order valence-electron chi connectivity index (χ1n) is 7.17. The summed E-state index contributed by atoms with van der Waals surface area (Å²) in [5, 5.41) is 3.52. The van der Waals surface area contributed by atoms with Crippen molar-refractivity contribution < 1.29 is 4.74 Å². The van der Waals surface area contributed by atoms with Gasteiger partial charge in [0.1, 0.15) is 5.82 Å². The van der Waals surface area contributed by atoms with E-state index in [1.807, 2.05) is 6.20 Å². The van der Waals surface area contributed by atoms with E-state index in [9.17, 15) is 0 Å². The number of methoxy groups -OCH3 is 1. The van der Waals surface area contributed by atoms with E-state index in [2.05, 4.69) is 35.1 Å². The number of nitrogens with zero attached hydrogens (tertiary/aromatic N) is 2. The molecule has 1 N–H and O–H groups in total. The Hall–Kier alpha value is -1.13. The highest BCUT2D eigenvalue weighted by molar-refractivity contribution is 5.47. The molecule has 0 aliphatic heterocycles. The number of aromatic nitrogens is 1. The largest absolute Gasteiger partial charge is 0.383 e. The lowest BCUT2D eigenvalue weighted by Gasteiger charge is -2.23. The Morgan fingerprint density at radius 3 is 2.84 bits per heavy atom. The Bertz CT molecular complexity index is 404. The topological polar surface area (TPSA) is 37.4 Å². The van der Waals surface area contributed by atoms with Crippen molar-refractivity contribution in [1.82, 2.24) is 10.3 Å². The third-order valence-electron chi connectivity index (χ3n) is 3.53. The predicted molar refractivity (Wildman–Crippen MR) is 78.6 cm³/mol. The van der Waals surface area contributed by atoms with E-state index in [1.54, 1.807) is 7.11 Å². The lowest BCUT2D eigenvalue weighted by Crippen LogP contribution is -2.28. The fourth-order valence-electron chi connectivity index (χ4n) is 2.22. The molecule has 4 heteroatoms. The summed E-state index contributed by atoms with van der Waals surface area (Å²) in [5.41, 5.74) is 2.52. The zero-order chi connectivity index (χ0) is 13.7. The van der Waals surface area contributed by atoms with E-state index in [0.29, 0.717) is 0 Å². The summed E-state index contributed by atoms with van der Waals surface area (Å²) in [6.07, 6.45) is 4.64. The third kappa shape index (κ3) is 4.18. The number of ether oxygens (including phenoxy) is 1. The zero-order valence-corrected chi connectivity index (χ0v) is 12.3. The maximum absolute atomic E-state index is 5.15. The number of hydrogen-bond acceptors (Lipinski definition) is 4. The lowest BCUT2D eigenvalue weighted by atomic mass is 10.2. The summed E-state index contributed by atoms with van der Waals surface area (Å²) in [5.74, 6) is 1.08. The Morgan fingerprint density at radius 1 is 1.47 bits per heavy atom. The molecule has 1 aliphatic rings. The normalized spacial score (nSPS) is 14.7. The number of aryl methyl sites for hydroxylation is 1. The van der Waals surface area contributed by atoms with Crippen LogP contribution in [0.4, 0.5) is 5.82 Å². The Balaban J connectivity index is 1.99. The molecule has 0 atom stereocenters. The highest BCUT2D eigenvalue weighted by atomic mass is 16.5. The molecule has 19 heavy (non-hydrogen) atoms. The van der Waals surface area contributed by atoms with Gasteiger partial charge in [0.15, 0.2) is 0 Å². The fraction of sp³-hybridized carbons (Fsp3) is 0.667. The van der Waals surface area contributed by atoms with Crippen LogP contribution < -0.4 is 10.2 Å². The van der Waals surface area contributed by atoms with Crippen LogP contribution in [0.5, 0.6) is 0 Å². The molecular weight excluding hydrogens is 238 g/mol. The average molecular weight is 263 g/mol. The van der Waals surface area contributed by atoms with Crippen molar-refractivity contribution in [2.75, 3.05) is 31.7 Å². The van der Waals surface area contributed by atoms with E-state index in [4.69, 9.17) is 4.74 Å². The second-order valence-corrected chi connectivity index (χ2v) is 5.21. The van der Waals surface area contributed by atoms with Crippen LogP contribution in [0, 0.1) is 6.92 Å². The van der Waals surface area contributed by atoms with Crippen LogP contribution in [0.1, 0.15) is 30.9 Å². The van der Waals surface area contributed by atoms with Crippen molar-refractivity contribution >= 4 is 5.82 Å². The van der Waals surface area contributed by atoms with E-state index in [0.717, 1.165) is 38.1 Å². The van der Waals surface area contributed by atoms with Gasteiger partial charge in [0.05, 0.1) is 6.61 Å². The smallest absolute Gasteiger partial charge is 0.131 e. The predicted octanol–water partition coefficient (Wildman–Crippen LogP) is 2.11. The molecular formula is C15H25N3O. The molecule has 1 aliphatic carbocycles. The maximum atomic E-state index is 5.15. The standard InChI is InChI=1S/C15H25N3O/c1-4-18(7-8-19-3)15-12(2)9-13(11-17-15)10-16-14-5-6-14/h9,11,14,16H,4-8,10H2,1-3H3. The van der Waals surface area contributed by atoms with Crippen LogP contribution in [0.25, 0.3) is 0 Å². The summed E-state index contributed by atoms with van der Waals surface area (Å²) in [4.78, 5) is 6.89. The third-order valence-corrected chi connectivity index (χ3v) is 3.53. The first-order chi connectivity index (χ1) is 9.24. The monoisotopic (exact) mass is 263 g/mol. The first kappa shape index (κ1) is 14.3. The Labute approximate surface area is 116 Å². The highest BCUT2D eigenvalue weighted by Crippen LogP contribution is 2.21. The van der Waals surface area contributed by atoms with Crippen molar-refractivity contribution in [2.45, 2.75) is 39.3 Å². The number of pyridine rings is 1. The molecule has 106 valence electrons. The van der Waals surface area contributed by atoms with Crippen LogP contribution in [0.3, 0.4) is 0 Å². The lowest BCUT2D eigenvalue weighted by molar-refractivity contribution is 0.205. The molecule has 1 saturated carbocycles. The summed E-state index contributed by atoms with van der Waals surface area (Å²) in [7, 11) is 1.74. The van der Waals surface area contributed by atoms with Gasteiger partial charge in [-0.05, 0) is 43.9 Å². The van der Waals surface area contributed by atoms with E-state index in [1.165, 1.54) is 24.0 Å². The quantitative estimate of drug-likeness (QED) is 0.779. The van der Waals surface area contributed by atoms with Crippen LogP contribution in [-0.4, -0.2) is 37.8 Å². The second-order valence-electron chi connectivity index (χ2n) is 5.21. The SMILES string of the molecule is CCN(CCOC)c1ncc(CNC2CC2)cc1C. The van der Waals surface area contributed by atoms with Gasteiger partial charge in [-0.15, -0.1) is 0 Å². The van der Waals surface area contributed by atoms with Crippen LogP contribution in [0.15, 0.2) is 12.3 Å². The molecule has 0 radical (unpaired) electrons. The fourth-order valence-corrected chi connectivity index (χ4v) is 2.22. The number of nitrogens with one attached hydrogen (secondary N) is 1. The van der Waals surface area contributed by atoms with Crippen LogP contribution in [-0.2, 0) is 11.3 Å². The van der Waals surface area contributed by atoms with Gasteiger partial charge >= 0.3 is 0 Å². The molecule has 1 fully saturated rings. The van der Waals surface area contributed by atoms with Gasteiger partial charge in [0, 0.05) is 39.0 Å². The average Bonchev–Trinajstić information content (AvgIpc) is 3.23. The molecule has 0 unspecified atom stereocenters. The summed E-state index contributed by atoms with van der Waals surface area (Å²) in [6.45, 7) is 7.80. The zero-order valence-electron chi connectivity index (χ0n) is 12.3. The molecule has 4 nitrogen and oxygen atoms in total. The van der Waals surface area contributed by atoms with Crippen molar-refractivity contribution in [3.05, 3.63) is 23.4 Å². The minimum absolute atomic E-state index is 0.736. The van der Waals surface area contributed by atoms with E-state index < -0.39 is 0 Å². The Kier molecular flexibility index (Phi) is 5.16. The van der Waals surface area contributed by atoms with E-state index >= 15 is 0 Å². The van der Waals surface area contributed by atoms with Crippen molar-refractivity contribution in [2.24, 2.45) is 0 Å². The van der Waals surface area contributed by atoms with Gasteiger partial charge in [-0.3, -0.25) is 0 Å². The Morgan fingerprint density at radius 2 is 2.26 bits per heavy atom. The van der Waals surface area contributed by atoms with Crippen LogP contribution in [0.2, 0.25) is 0 Å². The molecule has 1 heterocycles. The molecule has 0 spiro atoms. The highest BCUT2D eigenvalue weighted by Gasteiger charge is 2.20. The second kappa shape index (κ2) is 6.87. The summed E-state index contributed by atoms with van der Waals surface area (Å²) >= 11 is 0. The summed E-state index contributed by atoms with van der Waals surface area (Å²) < 4.78 is 5.15. The molecule has 0 aromatic carbocycles. The van der Waals surface area contributed by atoms with Gasteiger partial charge in [-0.25, -0.2) is 4.98 Å². The van der Waals surface area contributed by atoms with Crippen molar-refractivity contribution in [1.29, 1.82) is 0 Å². The van der Waals surface area contributed by atoms with Gasteiger partial charge in [0.2, 0.25) is 0 Å². The molecule has 1 aromatic heterocycles. The first-order valence-corrected chi connectivity index (χ1v) is 7.17. The minimum atomic E-state index is 0.736. The molecule has 1 aromatic rings. The van der Waals surface area contributed by atoms with Crippen molar-refractivity contribution in [3.8, 4) is 0 Å². The number of rotatable bonds is 8. The van der Waals surface area contributed by atoms with Gasteiger partial charge in [-0.2, -0.15) is 0 Å². The van der Waals surface area contributed by atoms with Gasteiger partial charge in [0.25, 0.3) is 0 Å². The molecule has 0 saturated heterocycles. The number of hydrogen-bond donors (Lipinski definition) is 1. The maximum Gasteiger partial charge on any atom is 0.131 e. The van der Waals surface area contributed by atoms with Gasteiger partial charge in [-0.1, -0.05) is 0 Å². The van der Waals surface area contributed by atoms with Gasteiger partial charge < -0.3 is 15.0 Å². The number of anilines is 1. The minimum Gasteiger partial charge on any atom is -0.383 e. The number of likely N-dealkylation sites (N-methyl/N-ethyl adjacent to an activating group) is 1.